The van der Waals surface area contributed by atoms with Gasteiger partial charge in [-0.15, -0.1) is 0 Å². The molecule has 2 aliphatic rings. The molecule has 0 radical (unpaired) electrons. The van der Waals surface area contributed by atoms with Crippen LogP contribution in [0.1, 0.15) is 34.6 Å². The summed E-state index contributed by atoms with van der Waals surface area (Å²) in [5, 5.41) is 33.9. The first-order chi connectivity index (χ1) is 16.3. The van der Waals surface area contributed by atoms with E-state index in [0.717, 1.165) is 0 Å². The van der Waals surface area contributed by atoms with Crippen molar-refractivity contribution in [2.75, 3.05) is 7.11 Å². The minimum atomic E-state index is -2.72. The van der Waals surface area contributed by atoms with Crippen molar-refractivity contribution in [3.05, 3.63) is 89.2 Å². The molecule has 3 N–H and O–H groups in total. The number of hydrogen-bond acceptors (Lipinski definition) is 6. The van der Waals surface area contributed by atoms with Crippen LogP contribution in [0.4, 0.5) is 8.78 Å². The third-order valence-electron chi connectivity index (χ3n) is 6.92. The molecule has 0 amide bonds. The Labute approximate surface area is 193 Å². The maximum atomic E-state index is 13.3. The molecule has 9 heteroatoms. The van der Waals surface area contributed by atoms with Crippen LogP contribution in [0.2, 0.25) is 0 Å². The fraction of sp³-hybridized carbons (Fsp3) is 0.280. The molecule has 0 bridgehead atoms. The Kier molecular flexibility index (Phi) is 5.07. The number of halogens is 2. The average Bonchev–Trinajstić information content (AvgIpc) is 3.23. The minimum absolute atomic E-state index is 0.0557. The standard InChI is InChI=1S/C25H21F2NO6/c1-33-16-11-28-12-17-20(16)24(32)21(29)18(23(30)31)19(13-5-3-2-4-6-13)25(24,34-17)15-9-7-14(8-10-15)22(26)27/h2-12,18-19,21-22,29,32H,1H3,(H,30,31)/t18-,19-,21-,24+,25+/m1/s1. The second kappa shape index (κ2) is 7.75. The summed E-state index contributed by atoms with van der Waals surface area (Å²) in [6.45, 7) is 0. The molecule has 5 atom stereocenters. The number of rotatable bonds is 5. The van der Waals surface area contributed by atoms with Gasteiger partial charge in [-0.2, -0.15) is 0 Å². The maximum Gasteiger partial charge on any atom is 0.310 e. The number of aliphatic hydroxyl groups is 2. The molecular weight excluding hydrogens is 448 g/mol. The quantitative estimate of drug-likeness (QED) is 0.526. The Morgan fingerprint density at radius 1 is 1.12 bits per heavy atom. The van der Waals surface area contributed by atoms with Gasteiger partial charge in [0.25, 0.3) is 6.43 Å². The number of carbonyl (C=O) groups is 1. The lowest BCUT2D eigenvalue weighted by Gasteiger charge is -2.40. The third-order valence-corrected chi connectivity index (χ3v) is 6.92. The highest BCUT2D eigenvalue weighted by atomic mass is 19.3. The van der Waals surface area contributed by atoms with Gasteiger partial charge in [0, 0.05) is 11.5 Å². The number of benzene rings is 2. The monoisotopic (exact) mass is 469 g/mol. The highest BCUT2D eigenvalue weighted by Gasteiger charge is 2.78. The first kappa shape index (κ1) is 22.2. The first-order valence-corrected chi connectivity index (χ1v) is 10.6. The molecule has 1 saturated carbocycles. The molecule has 0 spiro atoms. The van der Waals surface area contributed by atoms with E-state index >= 15 is 0 Å². The van der Waals surface area contributed by atoms with Gasteiger partial charge in [-0.1, -0.05) is 54.6 Å². The molecule has 5 rings (SSSR count). The zero-order valence-electron chi connectivity index (χ0n) is 17.9. The summed E-state index contributed by atoms with van der Waals surface area (Å²) in [7, 11) is 1.35. The van der Waals surface area contributed by atoms with Gasteiger partial charge in [-0.3, -0.25) is 9.78 Å². The molecule has 3 aromatic rings. The highest BCUT2D eigenvalue weighted by molar-refractivity contribution is 5.76. The molecule has 1 aliphatic heterocycles. The van der Waals surface area contributed by atoms with E-state index in [1.165, 1.54) is 43.8 Å². The van der Waals surface area contributed by atoms with Crippen LogP contribution < -0.4 is 9.47 Å². The normalized spacial score (nSPS) is 29.4. The molecule has 176 valence electrons. The van der Waals surface area contributed by atoms with Crippen LogP contribution in [0, 0.1) is 5.92 Å². The summed E-state index contributed by atoms with van der Waals surface area (Å²) in [5.74, 6) is -3.73. The number of aromatic nitrogens is 1. The number of pyridine rings is 1. The van der Waals surface area contributed by atoms with E-state index in [2.05, 4.69) is 4.98 Å². The van der Waals surface area contributed by atoms with Crippen molar-refractivity contribution in [2.24, 2.45) is 5.92 Å². The zero-order valence-corrected chi connectivity index (χ0v) is 17.9. The van der Waals surface area contributed by atoms with Crippen molar-refractivity contribution in [3.63, 3.8) is 0 Å². The Hall–Kier alpha value is -3.56. The molecular formula is C25H21F2NO6. The van der Waals surface area contributed by atoms with E-state index in [1.54, 1.807) is 30.3 Å². The smallest absolute Gasteiger partial charge is 0.310 e. The summed E-state index contributed by atoms with van der Waals surface area (Å²) in [6.07, 6.45) is -1.88. The largest absolute Gasteiger partial charge is 0.495 e. The fourth-order valence-corrected chi connectivity index (χ4v) is 5.55. The number of alkyl halides is 2. The molecule has 0 unspecified atom stereocenters. The Bertz CT molecular complexity index is 1240. The number of aliphatic hydroxyl groups excluding tert-OH is 1. The topological polar surface area (TPSA) is 109 Å². The van der Waals surface area contributed by atoms with Crippen molar-refractivity contribution >= 4 is 5.97 Å². The van der Waals surface area contributed by atoms with Crippen LogP contribution in [-0.2, 0) is 16.0 Å². The van der Waals surface area contributed by atoms with E-state index in [4.69, 9.17) is 9.47 Å². The average molecular weight is 469 g/mol. The highest BCUT2D eigenvalue weighted by Crippen LogP contribution is 2.69. The van der Waals surface area contributed by atoms with Crippen molar-refractivity contribution in [2.45, 2.75) is 29.6 Å². The van der Waals surface area contributed by atoms with Crippen molar-refractivity contribution in [3.8, 4) is 11.5 Å². The Balaban J connectivity index is 1.86. The van der Waals surface area contributed by atoms with Crippen molar-refractivity contribution < 1.29 is 38.4 Å². The van der Waals surface area contributed by atoms with Gasteiger partial charge in [0.2, 0.25) is 0 Å². The molecule has 1 aromatic heterocycles. The van der Waals surface area contributed by atoms with Crippen LogP contribution in [0.3, 0.4) is 0 Å². The predicted octanol–water partition coefficient (Wildman–Crippen LogP) is 3.36. The summed E-state index contributed by atoms with van der Waals surface area (Å²) in [4.78, 5) is 16.5. The van der Waals surface area contributed by atoms with Gasteiger partial charge in [0.15, 0.2) is 11.2 Å². The van der Waals surface area contributed by atoms with Crippen LogP contribution in [0.25, 0.3) is 0 Å². The van der Waals surface area contributed by atoms with Gasteiger partial charge in [0.1, 0.15) is 17.6 Å². The SMILES string of the molecule is COc1cncc2c1[C@]1(O)[C@H](O)[C@H](C(=O)O)[C@@H](c3ccccc3)[C@]1(c1ccc(C(F)F)cc1)O2. The van der Waals surface area contributed by atoms with Gasteiger partial charge < -0.3 is 24.8 Å². The van der Waals surface area contributed by atoms with E-state index in [-0.39, 0.29) is 28.2 Å². The van der Waals surface area contributed by atoms with Crippen LogP contribution >= 0.6 is 0 Å². The van der Waals surface area contributed by atoms with Crippen molar-refractivity contribution in [1.29, 1.82) is 0 Å². The number of hydrogen-bond donors (Lipinski definition) is 3. The predicted molar refractivity (Wildman–Crippen MR) is 115 cm³/mol. The number of fused-ring (bicyclic) bond motifs is 3. The molecule has 0 saturated heterocycles. The van der Waals surface area contributed by atoms with Crippen molar-refractivity contribution in [1.82, 2.24) is 4.98 Å². The fourth-order valence-electron chi connectivity index (χ4n) is 5.55. The van der Waals surface area contributed by atoms with E-state index in [0.29, 0.717) is 5.56 Å². The summed E-state index contributed by atoms with van der Waals surface area (Å²) in [5.41, 5.74) is -3.65. The Morgan fingerprint density at radius 3 is 2.38 bits per heavy atom. The van der Waals surface area contributed by atoms with Gasteiger partial charge in [-0.25, -0.2) is 8.78 Å². The van der Waals surface area contributed by atoms with E-state index < -0.39 is 41.5 Å². The molecule has 7 nitrogen and oxygen atoms in total. The second-order valence-corrected chi connectivity index (χ2v) is 8.44. The molecule has 34 heavy (non-hydrogen) atoms. The van der Waals surface area contributed by atoms with Gasteiger partial charge in [0.05, 0.1) is 31.0 Å². The summed E-state index contributed by atoms with van der Waals surface area (Å²) >= 11 is 0. The van der Waals surface area contributed by atoms with E-state index in [1.807, 2.05) is 0 Å². The molecule has 2 aromatic carbocycles. The number of ether oxygens (including phenoxy) is 2. The van der Waals surface area contributed by atoms with Crippen LogP contribution in [-0.4, -0.2) is 39.5 Å². The number of methoxy groups -OCH3 is 1. The molecule has 1 fully saturated rings. The zero-order chi connectivity index (χ0) is 24.3. The van der Waals surface area contributed by atoms with E-state index in [9.17, 15) is 28.9 Å². The summed E-state index contributed by atoms with van der Waals surface area (Å²) < 4.78 is 38.3. The first-order valence-electron chi connectivity index (χ1n) is 10.6. The molecule has 1 aliphatic carbocycles. The third kappa shape index (κ3) is 2.74. The lowest BCUT2D eigenvalue weighted by atomic mass is 9.70. The lowest BCUT2D eigenvalue weighted by molar-refractivity contribution is -0.159. The summed E-state index contributed by atoms with van der Waals surface area (Å²) in [6, 6.07) is 13.6. The number of carboxylic acids is 1. The van der Waals surface area contributed by atoms with Crippen LogP contribution in [0.5, 0.6) is 11.5 Å². The minimum Gasteiger partial charge on any atom is -0.495 e. The Morgan fingerprint density at radius 2 is 1.79 bits per heavy atom. The van der Waals surface area contributed by atoms with Gasteiger partial charge >= 0.3 is 5.97 Å². The van der Waals surface area contributed by atoms with Gasteiger partial charge in [-0.05, 0) is 11.1 Å². The maximum absolute atomic E-state index is 13.3. The molecule has 2 heterocycles. The van der Waals surface area contributed by atoms with Crippen LogP contribution in [0.15, 0.2) is 67.0 Å². The lowest BCUT2D eigenvalue weighted by Crippen LogP contribution is -2.52. The number of aliphatic carboxylic acids is 1. The second-order valence-electron chi connectivity index (χ2n) is 8.44. The number of carboxylic acid groups (broad SMARTS) is 1. The number of nitrogens with zero attached hydrogens (tertiary/aromatic N) is 1.